The molecular formula is C25H23Cl3N2O5S. The Bertz CT molecular complexity index is 1230. The summed E-state index contributed by atoms with van der Waals surface area (Å²) in [6.45, 7) is 3.37. The van der Waals surface area contributed by atoms with E-state index in [-0.39, 0.29) is 29.0 Å². The van der Waals surface area contributed by atoms with Crippen molar-refractivity contribution in [2.45, 2.75) is 26.4 Å². The molecule has 2 aromatic carbocycles. The summed E-state index contributed by atoms with van der Waals surface area (Å²) in [4.78, 5) is 40.7. The Kier molecular flexibility index (Phi) is 8.72. The average molecular weight is 570 g/mol. The highest BCUT2D eigenvalue weighted by molar-refractivity contribution is 8.18. The van der Waals surface area contributed by atoms with Gasteiger partial charge in [-0.15, -0.1) is 0 Å². The zero-order valence-electron chi connectivity index (χ0n) is 19.4. The van der Waals surface area contributed by atoms with Gasteiger partial charge in [0.05, 0.1) is 16.5 Å². The highest BCUT2D eigenvalue weighted by atomic mass is 35.5. The number of ether oxygens (including phenoxy) is 2. The van der Waals surface area contributed by atoms with Crippen molar-refractivity contribution in [3.8, 4) is 11.5 Å². The van der Waals surface area contributed by atoms with E-state index in [2.05, 4.69) is 0 Å². The van der Waals surface area contributed by atoms with E-state index in [1.165, 1.54) is 0 Å². The van der Waals surface area contributed by atoms with Gasteiger partial charge < -0.3 is 14.4 Å². The number of imide groups is 1. The quantitative estimate of drug-likeness (QED) is 0.348. The molecule has 190 valence electrons. The molecule has 0 bridgehead atoms. The highest BCUT2D eigenvalue weighted by Gasteiger charge is 2.37. The van der Waals surface area contributed by atoms with Crippen LogP contribution in [0, 0.1) is 0 Å². The molecular weight excluding hydrogens is 547 g/mol. The Morgan fingerprint density at radius 2 is 1.81 bits per heavy atom. The largest absolute Gasteiger partial charge is 0.490 e. The van der Waals surface area contributed by atoms with Crippen LogP contribution in [0.3, 0.4) is 0 Å². The minimum Gasteiger partial charge on any atom is -0.490 e. The molecule has 0 atom stereocenters. The number of carbonyl (C=O) groups excluding carboxylic acids is 3. The predicted molar refractivity (Wildman–Crippen MR) is 142 cm³/mol. The second kappa shape index (κ2) is 11.8. The molecule has 11 heteroatoms. The van der Waals surface area contributed by atoms with Crippen LogP contribution in [0.1, 0.15) is 30.9 Å². The van der Waals surface area contributed by atoms with Gasteiger partial charge in [-0.1, -0.05) is 40.9 Å². The molecule has 2 aliphatic rings. The SMILES string of the molecule is CCOc1cc(/C=C2/SC(=O)N(CC(=O)N3CCCC3)C2=O)cc(Cl)c1OCc1ccc(Cl)cc1Cl. The Balaban J connectivity index is 1.52. The lowest BCUT2D eigenvalue weighted by atomic mass is 10.1. The van der Waals surface area contributed by atoms with Gasteiger partial charge in [-0.05, 0) is 67.4 Å². The molecule has 3 amide bonds. The van der Waals surface area contributed by atoms with Crippen molar-refractivity contribution in [1.29, 1.82) is 0 Å². The lowest BCUT2D eigenvalue weighted by Crippen LogP contribution is -2.40. The number of rotatable bonds is 8. The summed E-state index contributed by atoms with van der Waals surface area (Å²) >= 11 is 19.5. The maximum absolute atomic E-state index is 12.9. The molecule has 2 saturated heterocycles. The Hall–Kier alpha value is -2.39. The molecule has 0 spiro atoms. The molecule has 7 nitrogen and oxygen atoms in total. The van der Waals surface area contributed by atoms with Gasteiger partial charge in [0.1, 0.15) is 13.2 Å². The van der Waals surface area contributed by atoms with Crippen LogP contribution >= 0.6 is 46.6 Å². The van der Waals surface area contributed by atoms with Crippen molar-refractivity contribution < 1.29 is 23.9 Å². The summed E-state index contributed by atoms with van der Waals surface area (Å²) in [5.41, 5.74) is 1.28. The number of hydrogen-bond acceptors (Lipinski definition) is 6. The molecule has 0 aromatic heterocycles. The third kappa shape index (κ3) is 6.11. The van der Waals surface area contributed by atoms with Crippen molar-refractivity contribution >= 4 is 69.7 Å². The maximum atomic E-state index is 12.9. The summed E-state index contributed by atoms with van der Waals surface area (Å²) in [6, 6.07) is 8.40. The zero-order valence-corrected chi connectivity index (χ0v) is 22.5. The summed E-state index contributed by atoms with van der Waals surface area (Å²) in [7, 11) is 0. The van der Waals surface area contributed by atoms with E-state index >= 15 is 0 Å². The van der Waals surface area contributed by atoms with Crippen LogP contribution in [0.2, 0.25) is 15.1 Å². The lowest BCUT2D eigenvalue weighted by molar-refractivity contribution is -0.135. The van der Waals surface area contributed by atoms with Crippen molar-refractivity contribution in [2.24, 2.45) is 0 Å². The first-order chi connectivity index (χ1) is 17.3. The van der Waals surface area contributed by atoms with E-state index in [1.807, 2.05) is 6.92 Å². The van der Waals surface area contributed by atoms with Crippen molar-refractivity contribution in [1.82, 2.24) is 9.80 Å². The van der Waals surface area contributed by atoms with Gasteiger partial charge in [-0.25, -0.2) is 0 Å². The molecule has 0 aliphatic carbocycles. The van der Waals surface area contributed by atoms with Crippen LogP contribution in [-0.4, -0.2) is 53.1 Å². The summed E-state index contributed by atoms with van der Waals surface area (Å²) in [5, 5.41) is 0.772. The molecule has 0 saturated carbocycles. The number of hydrogen-bond donors (Lipinski definition) is 0. The number of thioether (sulfide) groups is 1. The van der Waals surface area contributed by atoms with E-state index in [4.69, 9.17) is 44.3 Å². The predicted octanol–water partition coefficient (Wildman–Crippen LogP) is 6.28. The number of benzene rings is 2. The van der Waals surface area contributed by atoms with Crippen LogP contribution in [-0.2, 0) is 16.2 Å². The minimum atomic E-state index is -0.510. The second-order valence-corrected chi connectivity index (χ2v) is 10.4. The van der Waals surface area contributed by atoms with Gasteiger partial charge in [-0.3, -0.25) is 19.3 Å². The highest BCUT2D eigenvalue weighted by Crippen LogP contribution is 2.40. The third-order valence-corrected chi connectivity index (χ3v) is 7.42. The smallest absolute Gasteiger partial charge is 0.294 e. The third-order valence-electron chi connectivity index (χ3n) is 5.64. The molecule has 2 heterocycles. The van der Waals surface area contributed by atoms with Gasteiger partial charge in [0, 0.05) is 28.7 Å². The number of nitrogens with zero attached hydrogens (tertiary/aromatic N) is 2. The molecule has 4 rings (SSSR count). The fourth-order valence-electron chi connectivity index (χ4n) is 3.85. The molecule has 2 aromatic rings. The van der Waals surface area contributed by atoms with E-state index in [0.717, 1.165) is 35.1 Å². The molecule has 2 fully saturated rings. The Labute approximate surface area is 228 Å². The lowest BCUT2D eigenvalue weighted by Gasteiger charge is -2.18. The van der Waals surface area contributed by atoms with Crippen LogP contribution in [0.5, 0.6) is 11.5 Å². The van der Waals surface area contributed by atoms with Crippen LogP contribution < -0.4 is 9.47 Å². The summed E-state index contributed by atoms with van der Waals surface area (Å²) < 4.78 is 11.6. The first-order valence-electron chi connectivity index (χ1n) is 11.3. The first-order valence-corrected chi connectivity index (χ1v) is 13.3. The molecule has 2 aliphatic heterocycles. The van der Waals surface area contributed by atoms with Gasteiger partial charge in [-0.2, -0.15) is 0 Å². The molecule has 0 radical (unpaired) electrons. The average Bonchev–Trinajstić information content (AvgIpc) is 3.45. The van der Waals surface area contributed by atoms with Gasteiger partial charge >= 0.3 is 0 Å². The van der Waals surface area contributed by atoms with Crippen LogP contribution in [0.4, 0.5) is 4.79 Å². The Morgan fingerprint density at radius 3 is 2.50 bits per heavy atom. The maximum Gasteiger partial charge on any atom is 0.294 e. The molecule has 36 heavy (non-hydrogen) atoms. The standard InChI is InChI=1S/C25H23Cl3N2O5S/c1-2-34-20-10-15(9-19(28)23(20)35-14-16-5-6-17(26)12-18(16)27)11-21-24(32)30(25(33)36-21)13-22(31)29-7-3-4-8-29/h5-6,9-12H,2-4,7-8,13-14H2,1H3/b21-11+. The number of amides is 3. The first kappa shape index (κ1) is 26.7. The number of likely N-dealkylation sites (tertiary alicyclic amines) is 1. The zero-order chi connectivity index (χ0) is 25.8. The minimum absolute atomic E-state index is 0.138. The monoisotopic (exact) mass is 568 g/mol. The van der Waals surface area contributed by atoms with Crippen molar-refractivity contribution in [3.63, 3.8) is 0 Å². The van der Waals surface area contributed by atoms with E-state index in [9.17, 15) is 14.4 Å². The summed E-state index contributed by atoms with van der Waals surface area (Å²) in [5.74, 6) is -0.0277. The number of carbonyl (C=O) groups is 3. The normalized spacial score (nSPS) is 16.8. The van der Waals surface area contributed by atoms with E-state index in [0.29, 0.717) is 46.8 Å². The second-order valence-electron chi connectivity index (χ2n) is 8.14. The summed E-state index contributed by atoms with van der Waals surface area (Å²) in [6.07, 6.45) is 3.42. The molecule has 0 unspecified atom stereocenters. The van der Waals surface area contributed by atoms with Gasteiger partial charge in [0.25, 0.3) is 11.1 Å². The van der Waals surface area contributed by atoms with Gasteiger partial charge in [0.2, 0.25) is 5.91 Å². The topological polar surface area (TPSA) is 76.2 Å². The Morgan fingerprint density at radius 1 is 1.06 bits per heavy atom. The van der Waals surface area contributed by atoms with Crippen LogP contribution in [0.25, 0.3) is 6.08 Å². The van der Waals surface area contributed by atoms with E-state index < -0.39 is 11.1 Å². The van der Waals surface area contributed by atoms with Crippen molar-refractivity contribution in [2.75, 3.05) is 26.2 Å². The number of halogens is 3. The van der Waals surface area contributed by atoms with Gasteiger partial charge in [0.15, 0.2) is 11.5 Å². The fraction of sp³-hybridized carbons (Fsp3) is 0.320. The molecule has 0 N–H and O–H groups in total. The van der Waals surface area contributed by atoms with Crippen molar-refractivity contribution in [3.05, 3.63) is 61.4 Å². The van der Waals surface area contributed by atoms with E-state index in [1.54, 1.807) is 41.3 Å². The fourth-order valence-corrected chi connectivity index (χ4v) is 5.43. The van der Waals surface area contributed by atoms with Crippen LogP contribution in [0.15, 0.2) is 35.2 Å².